The smallest absolute Gasteiger partial charge is 0.270 e. The summed E-state index contributed by atoms with van der Waals surface area (Å²) in [5.74, 6) is 0.976. The summed E-state index contributed by atoms with van der Waals surface area (Å²) < 4.78 is 0. The lowest BCUT2D eigenvalue weighted by molar-refractivity contribution is -0.384. The van der Waals surface area contributed by atoms with Crippen molar-refractivity contribution in [2.75, 3.05) is 0 Å². The molecule has 3 atom stereocenters. The number of halogens is 1. The minimum absolute atomic E-state index is 0.118. The molecular weight excluding hydrogens is 280 g/mol. The van der Waals surface area contributed by atoms with Crippen LogP contribution in [0, 0.1) is 22.0 Å². The second-order valence-corrected chi connectivity index (χ2v) is 6.08. The number of hydrogen-bond donors (Lipinski definition) is 1. The number of nitro benzene ring substituents is 1. The molecule has 0 heterocycles. The monoisotopic (exact) mass is 294 g/mol. The van der Waals surface area contributed by atoms with Crippen molar-refractivity contribution in [3.05, 3.63) is 38.9 Å². The van der Waals surface area contributed by atoms with E-state index in [-0.39, 0.29) is 28.2 Å². The maximum Gasteiger partial charge on any atom is 0.270 e. The molecule has 6 heteroatoms. The molecule has 2 aliphatic rings. The number of carbonyl (C=O) groups is 1. The van der Waals surface area contributed by atoms with Crippen molar-refractivity contribution in [1.29, 1.82) is 0 Å². The van der Waals surface area contributed by atoms with E-state index in [1.807, 2.05) is 0 Å². The molecule has 1 N–H and O–H groups in total. The van der Waals surface area contributed by atoms with Crippen LogP contribution >= 0.6 is 11.6 Å². The van der Waals surface area contributed by atoms with Gasteiger partial charge in [-0.1, -0.05) is 18.0 Å². The van der Waals surface area contributed by atoms with Gasteiger partial charge in [0.25, 0.3) is 11.6 Å². The predicted octanol–water partition coefficient (Wildman–Crippen LogP) is 3.17. The quantitative estimate of drug-likeness (QED) is 0.687. The van der Waals surface area contributed by atoms with Crippen LogP contribution in [0.25, 0.3) is 0 Å². The summed E-state index contributed by atoms with van der Waals surface area (Å²) in [4.78, 5) is 22.5. The van der Waals surface area contributed by atoms with Crippen LogP contribution < -0.4 is 5.32 Å². The highest BCUT2D eigenvalue weighted by atomic mass is 35.5. The third-order valence-electron chi connectivity index (χ3n) is 4.46. The van der Waals surface area contributed by atoms with Gasteiger partial charge in [0.2, 0.25) is 0 Å². The molecule has 1 aromatic carbocycles. The van der Waals surface area contributed by atoms with E-state index in [2.05, 4.69) is 5.32 Å². The summed E-state index contributed by atoms with van der Waals surface area (Å²) in [6, 6.07) is 4.13. The molecular formula is C14H15ClN2O3. The lowest BCUT2D eigenvalue weighted by Crippen LogP contribution is -2.38. The molecule has 3 unspecified atom stereocenters. The first-order valence-corrected chi connectivity index (χ1v) is 7.17. The first kappa shape index (κ1) is 13.4. The Bertz CT molecular complexity index is 576. The molecule has 2 aliphatic carbocycles. The maximum absolute atomic E-state index is 12.3. The fourth-order valence-corrected chi connectivity index (χ4v) is 3.67. The van der Waals surface area contributed by atoms with Crippen LogP contribution in [0.3, 0.4) is 0 Å². The first-order valence-electron chi connectivity index (χ1n) is 6.79. The van der Waals surface area contributed by atoms with Gasteiger partial charge in [-0.25, -0.2) is 0 Å². The van der Waals surface area contributed by atoms with Gasteiger partial charge in [0.05, 0.1) is 15.5 Å². The Morgan fingerprint density at radius 2 is 2.15 bits per heavy atom. The Labute approximate surface area is 121 Å². The van der Waals surface area contributed by atoms with Crippen molar-refractivity contribution in [3.63, 3.8) is 0 Å². The molecule has 3 rings (SSSR count). The Balaban J connectivity index is 1.76. The molecule has 0 radical (unpaired) electrons. The van der Waals surface area contributed by atoms with Gasteiger partial charge >= 0.3 is 0 Å². The lowest BCUT2D eigenvalue weighted by Gasteiger charge is -2.23. The maximum atomic E-state index is 12.3. The van der Waals surface area contributed by atoms with Crippen LogP contribution in [0.1, 0.15) is 36.0 Å². The van der Waals surface area contributed by atoms with Gasteiger partial charge in [-0.3, -0.25) is 14.9 Å². The highest BCUT2D eigenvalue weighted by molar-refractivity contribution is 6.33. The summed E-state index contributed by atoms with van der Waals surface area (Å²) >= 11 is 5.98. The van der Waals surface area contributed by atoms with Crippen LogP contribution in [0.4, 0.5) is 5.69 Å². The van der Waals surface area contributed by atoms with Crippen molar-refractivity contribution in [3.8, 4) is 0 Å². The standard InChI is InChI=1S/C14H15ClN2O3/c15-12-4-3-10(17(19)20)7-11(12)14(18)16-13-6-8-1-2-9(13)5-8/h3-4,7-9,13H,1-2,5-6H2,(H,16,18). The number of fused-ring (bicyclic) bond motifs is 2. The topological polar surface area (TPSA) is 72.2 Å². The minimum Gasteiger partial charge on any atom is -0.349 e. The van der Waals surface area contributed by atoms with Gasteiger partial charge in [-0.05, 0) is 37.2 Å². The Morgan fingerprint density at radius 1 is 1.35 bits per heavy atom. The summed E-state index contributed by atoms with van der Waals surface area (Å²) in [5.41, 5.74) is 0.0659. The zero-order chi connectivity index (χ0) is 14.3. The fraction of sp³-hybridized carbons (Fsp3) is 0.500. The zero-order valence-electron chi connectivity index (χ0n) is 10.8. The number of nitro groups is 1. The SMILES string of the molecule is O=C(NC1CC2CCC1C2)c1cc([N+](=O)[O-])ccc1Cl. The summed E-state index contributed by atoms with van der Waals surface area (Å²) in [7, 11) is 0. The minimum atomic E-state index is -0.523. The predicted molar refractivity (Wildman–Crippen MR) is 74.8 cm³/mol. The molecule has 5 nitrogen and oxygen atoms in total. The number of non-ortho nitro benzene ring substituents is 1. The van der Waals surface area contributed by atoms with Gasteiger partial charge in [0.15, 0.2) is 0 Å². The van der Waals surface area contributed by atoms with Crippen LogP contribution in [-0.2, 0) is 0 Å². The number of nitrogens with one attached hydrogen (secondary N) is 1. The molecule has 0 saturated heterocycles. The van der Waals surface area contributed by atoms with Crippen molar-refractivity contribution >= 4 is 23.2 Å². The van der Waals surface area contributed by atoms with E-state index in [4.69, 9.17) is 11.6 Å². The zero-order valence-corrected chi connectivity index (χ0v) is 11.6. The normalized spacial score (nSPS) is 27.6. The van der Waals surface area contributed by atoms with E-state index in [0.29, 0.717) is 5.92 Å². The molecule has 0 spiro atoms. The second kappa shape index (κ2) is 5.05. The van der Waals surface area contributed by atoms with Crippen molar-refractivity contribution in [2.24, 2.45) is 11.8 Å². The van der Waals surface area contributed by atoms with Gasteiger partial charge < -0.3 is 5.32 Å². The molecule has 20 heavy (non-hydrogen) atoms. The molecule has 1 amide bonds. The van der Waals surface area contributed by atoms with Gasteiger partial charge in [-0.15, -0.1) is 0 Å². The molecule has 0 aliphatic heterocycles. The summed E-state index contributed by atoms with van der Waals surface area (Å²) in [6.45, 7) is 0. The van der Waals surface area contributed by atoms with Crippen LogP contribution in [0.2, 0.25) is 5.02 Å². The molecule has 0 aromatic heterocycles. The Kier molecular flexibility index (Phi) is 3.38. The van der Waals surface area contributed by atoms with E-state index < -0.39 is 4.92 Å². The van der Waals surface area contributed by atoms with E-state index in [1.165, 1.54) is 31.0 Å². The van der Waals surface area contributed by atoms with E-state index >= 15 is 0 Å². The van der Waals surface area contributed by atoms with E-state index in [1.54, 1.807) is 0 Å². The van der Waals surface area contributed by atoms with Crippen molar-refractivity contribution < 1.29 is 9.72 Å². The van der Waals surface area contributed by atoms with E-state index in [0.717, 1.165) is 18.8 Å². The molecule has 106 valence electrons. The Morgan fingerprint density at radius 3 is 2.75 bits per heavy atom. The molecule has 1 aromatic rings. The number of rotatable bonds is 3. The number of hydrogen-bond acceptors (Lipinski definition) is 3. The van der Waals surface area contributed by atoms with Crippen molar-refractivity contribution in [1.82, 2.24) is 5.32 Å². The Hall–Kier alpha value is -1.62. The third kappa shape index (κ3) is 2.38. The van der Waals surface area contributed by atoms with Crippen LogP contribution in [0.15, 0.2) is 18.2 Å². The summed E-state index contributed by atoms with van der Waals surface area (Å²) in [5, 5.41) is 14.0. The van der Waals surface area contributed by atoms with Gasteiger partial charge in [-0.2, -0.15) is 0 Å². The fourth-order valence-electron chi connectivity index (χ4n) is 3.47. The average Bonchev–Trinajstić information content (AvgIpc) is 3.01. The van der Waals surface area contributed by atoms with Crippen LogP contribution in [-0.4, -0.2) is 16.9 Å². The van der Waals surface area contributed by atoms with E-state index in [9.17, 15) is 14.9 Å². The third-order valence-corrected chi connectivity index (χ3v) is 4.79. The number of nitrogens with zero attached hydrogens (tertiary/aromatic N) is 1. The second-order valence-electron chi connectivity index (χ2n) is 5.68. The van der Waals surface area contributed by atoms with Crippen LogP contribution in [0.5, 0.6) is 0 Å². The van der Waals surface area contributed by atoms with Crippen molar-refractivity contribution in [2.45, 2.75) is 31.7 Å². The molecule has 2 bridgehead atoms. The molecule has 2 fully saturated rings. The van der Waals surface area contributed by atoms with Gasteiger partial charge in [0, 0.05) is 18.2 Å². The highest BCUT2D eigenvalue weighted by Crippen LogP contribution is 2.44. The summed E-state index contributed by atoms with van der Waals surface area (Å²) in [6.07, 6.45) is 4.63. The average molecular weight is 295 g/mol. The largest absolute Gasteiger partial charge is 0.349 e. The number of amides is 1. The first-order chi connectivity index (χ1) is 9.54. The number of benzene rings is 1. The number of carbonyl (C=O) groups excluding carboxylic acids is 1. The highest BCUT2D eigenvalue weighted by Gasteiger charge is 2.40. The van der Waals surface area contributed by atoms with Gasteiger partial charge in [0.1, 0.15) is 0 Å². The lowest BCUT2D eigenvalue weighted by atomic mass is 9.95. The molecule has 2 saturated carbocycles.